The summed E-state index contributed by atoms with van der Waals surface area (Å²) in [7, 11) is 2.16. The quantitative estimate of drug-likeness (QED) is 0.875. The first-order chi connectivity index (χ1) is 11.3. The maximum absolute atomic E-state index is 9.66. The molecule has 2 rings (SSSR count). The first kappa shape index (κ1) is 18.6. The highest BCUT2D eigenvalue weighted by Gasteiger charge is 2.16. The molecule has 1 atom stereocenters. The zero-order chi connectivity index (χ0) is 17.9. The van der Waals surface area contributed by atoms with E-state index in [1.165, 1.54) is 27.8 Å². The van der Waals surface area contributed by atoms with Gasteiger partial charge in [0.15, 0.2) is 0 Å². The molecule has 0 radical (unpaired) electrons. The zero-order valence-electron chi connectivity index (χ0n) is 15.8. The molecule has 0 spiro atoms. The Hall–Kier alpha value is -1.71. The van der Waals surface area contributed by atoms with Crippen LogP contribution in [0.2, 0.25) is 0 Å². The average Bonchev–Trinajstić information content (AvgIpc) is 2.51. The second kappa shape index (κ2) is 7.91. The average molecular weight is 326 g/mol. The van der Waals surface area contributed by atoms with Crippen molar-refractivity contribution in [1.29, 1.82) is 0 Å². The number of benzene rings is 1. The molecule has 0 fully saturated rings. The van der Waals surface area contributed by atoms with Gasteiger partial charge in [-0.1, -0.05) is 6.07 Å². The molecule has 130 valence electrons. The number of hydrogen-bond acceptors (Lipinski definition) is 3. The molecule has 1 aromatic heterocycles. The molecule has 1 N–H and O–H groups in total. The van der Waals surface area contributed by atoms with Crippen molar-refractivity contribution in [3.8, 4) is 0 Å². The molecular formula is C21H30N2O. The number of aliphatic hydroxyl groups is 1. The number of aromatic nitrogens is 1. The van der Waals surface area contributed by atoms with Gasteiger partial charge in [0.25, 0.3) is 0 Å². The maximum Gasteiger partial charge on any atom is 0.0687 e. The summed E-state index contributed by atoms with van der Waals surface area (Å²) in [5.41, 5.74) is 8.50. The Morgan fingerprint density at radius 2 is 1.75 bits per heavy atom. The molecule has 3 nitrogen and oxygen atoms in total. The van der Waals surface area contributed by atoms with Gasteiger partial charge in [0.05, 0.1) is 6.61 Å². The number of likely N-dealkylation sites (N-methyl/N-ethyl adjacent to an activating group) is 1. The molecule has 0 saturated heterocycles. The number of aliphatic hydroxyl groups excluding tert-OH is 1. The van der Waals surface area contributed by atoms with Crippen molar-refractivity contribution in [2.24, 2.45) is 0 Å². The van der Waals surface area contributed by atoms with E-state index >= 15 is 0 Å². The Bertz CT molecular complexity index is 709. The molecule has 3 heteroatoms. The minimum atomic E-state index is 0.109. The molecule has 1 aromatic carbocycles. The Morgan fingerprint density at radius 1 is 1.08 bits per heavy atom. The molecule has 0 saturated carbocycles. The van der Waals surface area contributed by atoms with Gasteiger partial charge in [-0.05, 0) is 87.2 Å². The van der Waals surface area contributed by atoms with Gasteiger partial charge in [0, 0.05) is 30.9 Å². The molecule has 0 aliphatic heterocycles. The number of aryl methyl sites for hydroxylation is 3. The lowest BCUT2D eigenvalue weighted by molar-refractivity contribution is 0.245. The fourth-order valence-electron chi connectivity index (χ4n) is 3.33. The smallest absolute Gasteiger partial charge is 0.0687 e. The van der Waals surface area contributed by atoms with E-state index in [0.717, 1.165) is 24.2 Å². The van der Waals surface area contributed by atoms with Crippen molar-refractivity contribution in [1.82, 2.24) is 9.88 Å². The molecule has 0 aliphatic carbocycles. The lowest BCUT2D eigenvalue weighted by atomic mass is 9.93. The van der Waals surface area contributed by atoms with Crippen molar-refractivity contribution in [2.45, 2.75) is 60.2 Å². The number of pyridine rings is 1. The van der Waals surface area contributed by atoms with E-state index in [1.807, 2.05) is 12.3 Å². The molecule has 2 aromatic rings. The van der Waals surface area contributed by atoms with Crippen LogP contribution in [0.25, 0.3) is 0 Å². The molecule has 1 heterocycles. The van der Waals surface area contributed by atoms with Crippen LogP contribution in [0.5, 0.6) is 0 Å². The fraction of sp³-hybridized carbons (Fsp3) is 0.476. The summed E-state index contributed by atoms with van der Waals surface area (Å²) in [5, 5.41) is 9.66. The minimum absolute atomic E-state index is 0.109. The van der Waals surface area contributed by atoms with E-state index in [0.29, 0.717) is 6.04 Å². The lowest BCUT2D eigenvalue weighted by Gasteiger charge is -2.27. The van der Waals surface area contributed by atoms with Gasteiger partial charge in [-0.15, -0.1) is 0 Å². The molecule has 0 amide bonds. The predicted molar refractivity (Wildman–Crippen MR) is 100 cm³/mol. The van der Waals surface area contributed by atoms with Gasteiger partial charge in [-0.25, -0.2) is 0 Å². The van der Waals surface area contributed by atoms with Crippen LogP contribution in [0.15, 0.2) is 24.4 Å². The van der Waals surface area contributed by atoms with Gasteiger partial charge >= 0.3 is 0 Å². The van der Waals surface area contributed by atoms with Crippen LogP contribution >= 0.6 is 0 Å². The summed E-state index contributed by atoms with van der Waals surface area (Å²) < 4.78 is 0. The Balaban J connectivity index is 2.15. The summed E-state index contributed by atoms with van der Waals surface area (Å²) in [6.45, 7) is 11.7. The highest BCUT2D eigenvalue weighted by molar-refractivity contribution is 5.44. The first-order valence-corrected chi connectivity index (χ1v) is 8.64. The van der Waals surface area contributed by atoms with Crippen molar-refractivity contribution in [2.75, 3.05) is 7.05 Å². The summed E-state index contributed by atoms with van der Waals surface area (Å²) in [6, 6.07) is 6.79. The van der Waals surface area contributed by atoms with E-state index in [4.69, 9.17) is 0 Å². The van der Waals surface area contributed by atoms with Gasteiger partial charge in [-0.3, -0.25) is 9.88 Å². The number of nitrogens with zero attached hydrogens (tertiary/aromatic N) is 2. The van der Waals surface area contributed by atoms with Crippen molar-refractivity contribution >= 4 is 0 Å². The van der Waals surface area contributed by atoms with Crippen molar-refractivity contribution in [3.05, 3.63) is 63.5 Å². The summed E-state index contributed by atoms with van der Waals surface area (Å²) in [4.78, 5) is 6.85. The molecular weight excluding hydrogens is 296 g/mol. The SMILES string of the molecule is Cc1ccnc(C[C@@H](C)N(C)Cc2c(C)cc(C)c(CO)c2C)c1. The van der Waals surface area contributed by atoms with Crippen LogP contribution in [0.1, 0.15) is 46.0 Å². The van der Waals surface area contributed by atoms with E-state index in [9.17, 15) is 5.11 Å². The summed E-state index contributed by atoms with van der Waals surface area (Å²) >= 11 is 0. The Kier molecular flexibility index (Phi) is 6.14. The Labute approximate surface area is 146 Å². The lowest BCUT2D eigenvalue weighted by Crippen LogP contribution is -2.31. The summed E-state index contributed by atoms with van der Waals surface area (Å²) in [5.74, 6) is 0. The van der Waals surface area contributed by atoms with Crippen LogP contribution in [0.3, 0.4) is 0 Å². The van der Waals surface area contributed by atoms with Crippen LogP contribution in [-0.4, -0.2) is 28.1 Å². The van der Waals surface area contributed by atoms with Crippen molar-refractivity contribution < 1.29 is 5.11 Å². The van der Waals surface area contributed by atoms with E-state index in [-0.39, 0.29) is 6.61 Å². The molecule has 0 unspecified atom stereocenters. The third-order valence-corrected chi connectivity index (χ3v) is 5.09. The maximum atomic E-state index is 9.66. The standard InChI is InChI=1S/C21H30N2O/c1-14-7-8-22-19(9-14)11-17(4)23(6)12-20-15(2)10-16(3)21(13-24)18(20)5/h7-10,17,24H,11-13H2,1-6H3/t17-/m1/s1. The zero-order valence-corrected chi connectivity index (χ0v) is 15.8. The van der Waals surface area contributed by atoms with Crippen LogP contribution < -0.4 is 0 Å². The third-order valence-electron chi connectivity index (χ3n) is 5.09. The van der Waals surface area contributed by atoms with Gasteiger partial charge in [-0.2, -0.15) is 0 Å². The minimum Gasteiger partial charge on any atom is -0.392 e. The topological polar surface area (TPSA) is 36.4 Å². The molecule has 0 bridgehead atoms. The first-order valence-electron chi connectivity index (χ1n) is 8.64. The monoisotopic (exact) mass is 326 g/mol. The number of rotatable bonds is 6. The second-order valence-corrected chi connectivity index (χ2v) is 7.04. The molecule has 0 aliphatic rings. The van der Waals surface area contributed by atoms with E-state index in [2.05, 4.69) is 63.7 Å². The van der Waals surface area contributed by atoms with Crippen LogP contribution in [0.4, 0.5) is 0 Å². The van der Waals surface area contributed by atoms with Gasteiger partial charge in [0.1, 0.15) is 0 Å². The third kappa shape index (κ3) is 4.22. The van der Waals surface area contributed by atoms with Crippen LogP contribution in [-0.2, 0) is 19.6 Å². The molecule has 24 heavy (non-hydrogen) atoms. The highest BCUT2D eigenvalue weighted by atomic mass is 16.3. The number of hydrogen-bond donors (Lipinski definition) is 1. The van der Waals surface area contributed by atoms with E-state index in [1.54, 1.807) is 0 Å². The van der Waals surface area contributed by atoms with Gasteiger partial charge < -0.3 is 5.11 Å². The largest absolute Gasteiger partial charge is 0.392 e. The second-order valence-electron chi connectivity index (χ2n) is 7.04. The van der Waals surface area contributed by atoms with Crippen molar-refractivity contribution in [3.63, 3.8) is 0 Å². The van der Waals surface area contributed by atoms with Crippen LogP contribution in [0, 0.1) is 27.7 Å². The fourth-order valence-corrected chi connectivity index (χ4v) is 3.33. The van der Waals surface area contributed by atoms with Gasteiger partial charge in [0.2, 0.25) is 0 Å². The van der Waals surface area contributed by atoms with E-state index < -0.39 is 0 Å². The predicted octanol–water partition coefficient (Wildman–Crippen LogP) is 3.87. The highest BCUT2D eigenvalue weighted by Crippen LogP contribution is 2.24. The Morgan fingerprint density at radius 3 is 2.38 bits per heavy atom. The summed E-state index contributed by atoms with van der Waals surface area (Å²) in [6.07, 6.45) is 2.83. The normalized spacial score (nSPS) is 12.7.